The molecule has 4 heteroatoms. The Morgan fingerprint density at radius 3 is 2.70 bits per heavy atom. The normalized spacial score (nSPS) is 23.4. The third-order valence-electron chi connectivity index (χ3n) is 3.90. The first-order valence-corrected chi connectivity index (χ1v) is 7.57. The summed E-state index contributed by atoms with van der Waals surface area (Å²) in [5, 5.41) is 13.3. The van der Waals surface area contributed by atoms with Crippen LogP contribution in [0, 0.1) is 5.92 Å². The second kappa shape index (κ2) is 6.59. The van der Waals surface area contributed by atoms with Crippen LogP contribution >= 0.6 is 11.6 Å². The smallest absolute Gasteiger partial charge is 0.320 e. The predicted molar refractivity (Wildman–Crippen MR) is 81.2 cm³/mol. The SMILES string of the molecule is CC(C)CC(NC1CC(c2cccc(Cl)c2)C1)C(=O)O. The summed E-state index contributed by atoms with van der Waals surface area (Å²) < 4.78 is 0. The number of nitrogens with one attached hydrogen (secondary N) is 1. The number of halogens is 1. The molecule has 3 nitrogen and oxygen atoms in total. The van der Waals surface area contributed by atoms with E-state index in [1.54, 1.807) is 0 Å². The second-order valence-corrected chi connectivity index (χ2v) is 6.54. The van der Waals surface area contributed by atoms with Crippen molar-refractivity contribution in [1.82, 2.24) is 5.32 Å². The molecule has 0 aromatic heterocycles. The van der Waals surface area contributed by atoms with E-state index in [0.29, 0.717) is 24.3 Å². The maximum atomic E-state index is 11.2. The number of carboxylic acid groups (broad SMARTS) is 1. The Morgan fingerprint density at radius 2 is 2.15 bits per heavy atom. The van der Waals surface area contributed by atoms with Gasteiger partial charge < -0.3 is 10.4 Å². The van der Waals surface area contributed by atoms with Gasteiger partial charge in [0.25, 0.3) is 0 Å². The van der Waals surface area contributed by atoms with Gasteiger partial charge in [-0.3, -0.25) is 4.79 Å². The molecule has 1 fully saturated rings. The zero-order chi connectivity index (χ0) is 14.7. The van der Waals surface area contributed by atoms with E-state index in [0.717, 1.165) is 17.9 Å². The molecule has 0 aliphatic heterocycles. The van der Waals surface area contributed by atoms with Crippen molar-refractivity contribution in [3.8, 4) is 0 Å². The Kier molecular flexibility index (Phi) is 5.06. The van der Waals surface area contributed by atoms with E-state index < -0.39 is 12.0 Å². The topological polar surface area (TPSA) is 49.3 Å². The van der Waals surface area contributed by atoms with E-state index in [-0.39, 0.29) is 0 Å². The minimum atomic E-state index is -0.745. The molecule has 1 saturated carbocycles. The summed E-state index contributed by atoms with van der Waals surface area (Å²) in [5.74, 6) is 0.136. The Bertz CT molecular complexity index is 469. The molecule has 0 amide bonds. The third kappa shape index (κ3) is 3.97. The monoisotopic (exact) mass is 295 g/mol. The molecule has 1 aromatic rings. The molecule has 2 rings (SSSR count). The van der Waals surface area contributed by atoms with Gasteiger partial charge in [0, 0.05) is 11.1 Å². The minimum absolute atomic E-state index is 0.304. The minimum Gasteiger partial charge on any atom is -0.480 e. The van der Waals surface area contributed by atoms with Gasteiger partial charge in [-0.15, -0.1) is 0 Å². The van der Waals surface area contributed by atoms with Gasteiger partial charge in [0.05, 0.1) is 0 Å². The van der Waals surface area contributed by atoms with Crippen LogP contribution in [0.15, 0.2) is 24.3 Å². The van der Waals surface area contributed by atoms with Crippen LogP contribution in [-0.4, -0.2) is 23.2 Å². The van der Waals surface area contributed by atoms with Crippen molar-refractivity contribution in [1.29, 1.82) is 0 Å². The standard InChI is InChI=1S/C16H22ClNO2/c1-10(2)6-15(16(19)20)18-14-8-12(9-14)11-4-3-5-13(17)7-11/h3-5,7,10,12,14-15,18H,6,8-9H2,1-2H3,(H,19,20). The van der Waals surface area contributed by atoms with Crippen molar-refractivity contribution in [2.45, 2.75) is 51.1 Å². The lowest BCUT2D eigenvalue weighted by Gasteiger charge is -2.38. The number of carboxylic acids is 1. The van der Waals surface area contributed by atoms with E-state index in [2.05, 4.69) is 11.4 Å². The number of hydrogen-bond acceptors (Lipinski definition) is 2. The van der Waals surface area contributed by atoms with Gasteiger partial charge in [-0.05, 0) is 48.8 Å². The van der Waals surface area contributed by atoms with E-state index in [1.165, 1.54) is 5.56 Å². The molecular weight excluding hydrogens is 274 g/mol. The Morgan fingerprint density at radius 1 is 1.45 bits per heavy atom. The number of carbonyl (C=O) groups is 1. The van der Waals surface area contributed by atoms with Gasteiger partial charge in [0.1, 0.15) is 6.04 Å². The quantitative estimate of drug-likeness (QED) is 0.842. The molecule has 110 valence electrons. The highest BCUT2D eigenvalue weighted by Gasteiger charge is 2.33. The van der Waals surface area contributed by atoms with Crippen molar-refractivity contribution in [2.75, 3.05) is 0 Å². The van der Waals surface area contributed by atoms with Crippen LogP contribution in [0.5, 0.6) is 0 Å². The third-order valence-corrected chi connectivity index (χ3v) is 4.14. The lowest BCUT2D eigenvalue weighted by Crippen LogP contribution is -2.49. The zero-order valence-corrected chi connectivity index (χ0v) is 12.7. The Balaban J connectivity index is 1.85. The largest absolute Gasteiger partial charge is 0.480 e. The Hall–Kier alpha value is -1.06. The van der Waals surface area contributed by atoms with Crippen LogP contribution in [0.4, 0.5) is 0 Å². The van der Waals surface area contributed by atoms with Crippen LogP contribution in [0.3, 0.4) is 0 Å². The van der Waals surface area contributed by atoms with Gasteiger partial charge in [-0.1, -0.05) is 37.6 Å². The van der Waals surface area contributed by atoms with E-state index >= 15 is 0 Å². The van der Waals surface area contributed by atoms with Crippen molar-refractivity contribution in [3.05, 3.63) is 34.9 Å². The fourth-order valence-electron chi connectivity index (χ4n) is 2.78. The summed E-state index contributed by atoms with van der Waals surface area (Å²) in [6.07, 6.45) is 2.65. The molecule has 0 spiro atoms. The summed E-state index contributed by atoms with van der Waals surface area (Å²) in [6, 6.07) is 7.82. The van der Waals surface area contributed by atoms with Crippen LogP contribution in [0.25, 0.3) is 0 Å². The molecule has 20 heavy (non-hydrogen) atoms. The molecule has 0 heterocycles. The van der Waals surface area contributed by atoms with Crippen molar-refractivity contribution >= 4 is 17.6 Å². The first kappa shape index (κ1) is 15.3. The fraction of sp³-hybridized carbons (Fsp3) is 0.562. The maximum Gasteiger partial charge on any atom is 0.320 e. The molecule has 0 bridgehead atoms. The summed E-state index contributed by atoms with van der Waals surface area (Å²) in [7, 11) is 0. The Labute approximate surface area is 125 Å². The van der Waals surface area contributed by atoms with E-state index in [4.69, 9.17) is 11.6 Å². The summed E-state index contributed by atoms with van der Waals surface area (Å²) >= 11 is 6.00. The molecule has 2 N–H and O–H groups in total. The average molecular weight is 296 g/mol. The summed E-state index contributed by atoms with van der Waals surface area (Å²) in [5.41, 5.74) is 1.26. The van der Waals surface area contributed by atoms with Gasteiger partial charge in [-0.2, -0.15) is 0 Å². The lowest BCUT2D eigenvalue weighted by molar-refractivity contribution is -0.140. The first-order chi connectivity index (χ1) is 9.45. The van der Waals surface area contributed by atoms with Crippen LogP contribution in [0.2, 0.25) is 5.02 Å². The fourth-order valence-corrected chi connectivity index (χ4v) is 2.98. The molecule has 1 aliphatic rings. The average Bonchev–Trinajstić information content (AvgIpc) is 2.30. The van der Waals surface area contributed by atoms with Crippen LogP contribution in [0.1, 0.15) is 44.6 Å². The molecule has 0 radical (unpaired) electrons. The van der Waals surface area contributed by atoms with Crippen LogP contribution in [-0.2, 0) is 4.79 Å². The van der Waals surface area contributed by atoms with Crippen LogP contribution < -0.4 is 5.32 Å². The van der Waals surface area contributed by atoms with Gasteiger partial charge in [0.15, 0.2) is 0 Å². The molecule has 1 aliphatic carbocycles. The number of rotatable bonds is 6. The highest BCUT2D eigenvalue weighted by atomic mass is 35.5. The van der Waals surface area contributed by atoms with Gasteiger partial charge in [-0.25, -0.2) is 0 Å². The molecule has 1 aromatic carbocycles. The highest BCUT2D eigenvalue weighted by molar-refractivity contribution is 6.30. The zero-order valence-electron chi connectivity index (χ0n) is 12.0. The maximum absolute atomic E-state index is 11.2. The second-order valence-electron chi connectivity index (χ2n) is 6.11. The number of hydrogen-bond donors (Lipinski definition) is 2. The summed E-state index contributed by atoms with van der Waals surface area (Å²) in [4.78, 5) is 11.2. The highest BCUT2D eigenvalue weighted by Crippen LogP contribution is 2.38. The predicted octanol–water partition coefficient (Wildman–Crippen LogP) is 3.67. The summed E-state index contributed by atoms with van der Waals surface area (Å²) in [6.45, 7) is 4.10. The number of aliphatic carboxylic acids is 1. The molecule has 1 unspecified atom stereocenters. The lowest BCUT2D eigenvalue weighted by atomic mass is 9.75. The molecule has 0 saturated heterocycles. The first-order valence-electron chi connectivity index (χ1n) is 7.20. The van der Waals surface area contributed by atoms with Gasteiger partial charge >= 0.3 is 5.97 Å². The number of benzene rings is 1. The molecule has 1 atom stereocenters. The van der Waals surface area contributed by atoms with E-state index in [1.807, 2.05) is 32.0 Å². The van der Waals surface area contributed by atoms with E-state index in [9.17, 15) is 9.90 Å². The molecular formula is C16H22ClNO2. The van der Waals surface area contributed by atoms with Crippen molar-refractivity contribution < 1.29 is 9.90 Å². The van der Waals surface area contributed by atoms with Crippen molar-refractivity contribution in [2.24, 2.45) is 5.92 Å². The van der Waals surface area contributed by atoms with Crippen molar-refractivity contribution in [3.63, 3.8) is 0 Å². The van der Waals surface area contributed by atoms with Gasteiger partial charge in [0.2, 0.25) is 0 Å².